The maximum absolute atomic E-state index is 11.2. The molecule has 1 rings (SSSR count). The Labute approximate surface area is 98.6 Å². The van der Waals surface area contributed by atoms with E-state index in [1.807, 2.05) is 0 Å². The lowest BCUT2D eigenvalue weighted by molar-refractivity contribution is -0.339. The molecule has 2 unspecified atom stereocenters. The van der Waals surface area contributed by atoms with Gasteiger partial charge in [0.25, 0.3) is 5.79 Å². The molecule has 0 aromatic rings. The summed E-state index contributed by atoms with van der Waals surface area (Å²) in [5, 5.41) is 37.3. The summed E-state index contributed by atoms with van der Waals surface area (Å²) in [7, 11) is 0. The van der Waals surface area contributed by atoms with Gasteiger partial charge in [-0.25, -0.2) is 0 Å². The van der Waals surface area contributed by atoms with Gasteiger partial charge in [-0.2, -0.15) is 0 Å². The predicted octanol–water partition coefficient (Wildman–Crippen LogP) is -1.52. The number of esters is 1. The molecule has 7 nitrogen and oxygen atoms in total. The van der Waals surface area contributed by atoms with E-state index in [0.29, 0.717) is 12.8 Å². The van der Waals surface area contributed by atoms with E-state index < -0.39 is 24.2 Å². The first-order valence-electron chi connectivity index (χ1n) is 5.53. The Balaban J connectivity index is 2.62. The maximum Gasteiger partial charge on any atom is 0.306 e. The van der Waals surface area contributed by atoms with Crippen molar-refractivity contribution in [3.05, 3.63) is 0 Å². The van der Waals surface area contributed by atoms with E-state index in [0.717, 1.165) is 0 Å². The Kier molecular flexibility index (Phi) is 5.29. The smallest absolute Gasteiger partial charge is 0.306 e. The zero-order valence-corrected chi connectivity index (χ0v) is 9.41. The molecule has 1 aliphatic rings. The highest BCUT2D eigenvalue weighted by molar-refractivity contribution is 5.69. The normalized spacial score (nSPS) is 24.0. The zero-order chi connectivity index (χ0) is 12.9. The van der Waals surface area contributed by atoms with Crippen LogP contribution in [0.3, 0.4) is 0 Å². The van der Waals surface area contributed by atoms with Gasteiger partial charge in [0.1, 0.15) is 0 Å². The SMILES string of the molecule is O=C1CCCCC(C(O)(O)C(O)OCCO)O1. The molecule has 1 saturated heterocycles. The second-order valence-corrected chi connectivity index (χ2v) is 3.95. The summed E-state index contributed by atoms with van der Waals surface area (Å²) >= 11 is 0. The molecule has 1 fully saturated rings. The fourth-order valence-corrected chi connectivity index (χ4v) is 1.62. The minimum absolute atomic E-state index is 0.222. The average molecular weight is 250 g/mol. The van der Waals surface area contributed by atoms with Gasteiger partial charge in [0.15, 0.2) is 6.10 Å². The molecule has 17 heavy (non-hydrogen) atoms. The standard InChI is InChI=1S/C10H18O7/c11-5-6-16-9(13)10(14,15)7-3-1-2-4-8(12)17-7/h7,9,11,13-15H,1-6H2. The average Bonchev–Trinajstić information content (AvgIpc) is 2.50. The van der Waals surface area contributed by atoms with E-state index >= 15 is 0 Å². The Morgan fingerprint density at radius 1 is 1.47 bits per heavy atom. The highest BCUT2D eigenvalue weighted by Gasteiger charge is 2.45. The summed E-state index contributed by atoms with van der Waals surface area (Å²) in [6.07, 6.45) is -1.51. The van der Waals surface area contributed by atoms with Gasteiger partial charge in [0.2, 0.25) is 6.29 Å². The van der Waals surface area contributed by atoms with Crippen molar-refractivity contribution in [2.24, 2.45) is 0 Å². The van der Waals surface area contributed by atoms with E-state index in [-0.39, 0.29) is 26.1 Å². The number of hydrogen-bond acceptors (Lipinski definition) is 7. The number of aliphatic hydroxyl groups is 4. The van der Waals surface area contributed by atoms with Gasteiger partial charge in [0.05, 0.1) is 13.2 Å². The minimum Gasteiger partial charge on any atom is -0.456 e. The number of hydrogen-bond donors (Lipinski definition) is 4. The van der Waals surface area contributed by atoms with Crippen LogP contribution >= 0.6 is 0 Å². The van der Waals surface area contributed by atoms with Gasteiger partial charge in [0, 0.05) is 6.42 Å². The third-order valence-electron chi connectivity index (χ3n) is 2.58. The summed E-state index contributed by atoms with van der Waals surface area (Å²) in [6, 6.07) is 0. The van der Waals surface area contributed by atoms with Gasteiger partial charge < -0.3 is 29.9 Å². The Bertz CT molecular complexity index is 253. The van der Waals surface area contributed by atoms with Gasteiger partial charge in [-0.15, -0.1) is 0 Å². The van der Waals surface area contributed by atoms with Crippen molar-refractivity contribution < 1.29 is 34.7 Å². The summed E-state index contributed by atoms with van der Waals surface area (Å²) in [5.41, 5.74) is 0. The van der Waals surface area contributed by atoms with Gasteiger partial charge >= 0.3 is 5.97 Å². The van der Waals surface area contributed by atoms with E-state index in [1.54, 1.807) is 0 Å². The van der Waals surface area contributed by atoms with Crippen molar-refractivity contribution in [3.63, 3.8) is 0 Å². The molecular formula is C10H18O7. The lowest BCUT2D eigenvalue weighted by Crippen LogP contribution is -2.54. The molecule has 0 radical (unpaired) electrons. The van der Waals surface area contributed by atoms with Crippen molar-refractivity contribution in [2.45, 2.75) is 43.9 Å². The van der Waals surface area contributed by atoms with E-state index in [1.165, 1.54) is 0 Å². The van der Waals surface area contributed by atoms with Crippen LogP contribution < -0.4 is 0 Å². The van der Waals surface area contributed by atoms with E-state index in [9.17, 15) is 20.1 Å². The van der Waals surface area contributed by atoms with Crippen LogP contribution in [0.15, 0.2) is 0 Å². The van der Waals surface area contributed by atoms with Crippen LogP contribution in [0.5, 0.6) is 0 Å². The maximum atomic E-state index is 11.2. The topological polar surface area (TPSA) is 116 Å². The van der Waals surface area contributed by atoms with Crippen molar-refractivity contribution in [1.82, 2.24) is 0 Å². The molecule has 100 valence electrons. The largest absolute Gasteiger partial charge is 0.456 e. The monoisotopic (exact) mass is 250 g/mol. The van der Waals surface area contributed by atoms with Crippen LogP contribution in [0, 0.1) is 0 Å². The van der Waals surface area contributed by atoms with Crippen LogP contribution in [-0.2, 0) is 14.3 Å². The van der Waals surface area contributed by atoms with Crippen LogP contribution in [0.2, 0.25) is 0 Å². The fourth-order valence-electron chi connectivity index (χ4n) is 1.62. The Morgan fingerprint density at radius 2 is 2.18 bits per heavy atom. The van der Waals surface area contributed by atoms with Crippen molar-refractivity contribution in [3.8, 4) is 0 Å². The lowest BCUT2D eigenvalue weighted by atomic mass is 10.0. The third-order valence-corrected chi connectivity index (χ3v) is 2.58. The lowest BCUT2D eigenvalue weighted by Gasteiger charge is -2.33. The summed E-state index contributed by atoms with van der Waals surface area (Å²) in [6.45, 7) is -0.609. The highest BCUT2D eigenvalue weighted by atomic mass is 16.7. The second-order valence-electron chi connectivity index (χ2n) is 3.95. The minimum atomic E-state index is -2.67. The van der Waals surface area contributed by atoms with Gasteiger partial charge in [-0.1, -0.05) is 0 Å². The highest BCUT2D eigenvalue weighted by Crippen LogP contribution is 2.25. The molecule has 4 N–H and O–H groups in total. The third kappa shape index (κ3) is 3.90. The summed E-state index contributed by atoms with van der Waals surface area (Å²) in [4.78, 5) is 11.2. The number of carbonyl (C=O) groups excluding carboxylic acids is 1. The molecule has 1 heterocycles. The van der Waals surface area contributed by atoms with Crippen molar-refractivity contribution in [1.29, 1.82) is 0 Å². The molecule has 0 aromatic heterocycles. The molecule has 0 spiro atoms. The number of cyclic esters (lactones) is 1. The summed E-state index contributed by atoms with van der Waals surface area (Å²) < 4.78 is 9.44. The number of rotatable bonds is 5. The Morgan fingerprint density at radius 3 is 2.82 bits per heavy atom. The molecule has 0 aromatic carbocycles. The first kappa shape index (κ1) is 14.3. The first-order valence-corrected chi connectivity index (χ1v) is 5.53. The summed E-state index contributed by atoms with van der Waals surface area (Å²) in [5.74, 6) is -3.20. The predicted molar refractivity (Wildman–Crippen MR) is 54.6 cm³/mol. The van der Waals surface area contributed by atoms with E-state index in [2.05, 4.69) is 4.74 Å². The number of aliphatic hydroxyl groups excluding tert-OH is 2. The molecule has 1 aliphatic heterocycles. The van der Waals surface area contributed by atoms with Crippen LogP contribution in [0.25, 0.3) is 0 Å². The molecule has 0 aliphatic carbocycles. The number of carbonyl (C=O) groups is 1. The van der Waals surface area contributed by atoms with Crippen LogP contribution in [0.4, 0.5) is 0 Å². The Hall–Kier alpha value is -0.730. The van der Waals surface area contributed by atoms with Gasteiger partial charge in [-0.3, -0.25) is 4.79 Å². The number of ether oxygens (including phenoxy) is 2. The second kappa shape index (κ2) is 6.27. The molecule has 0 saturated carbocycles. The fraction of sp³-hybridized carbons (Fsp3) is 0.900. The van der Waals surface area contributed by atoms with E-state index in [4.69, 9.17) is 9.84 Å². The molecule has 0 bridgehead atoms. The molecule has 7 heteroatoms. The molecular weight excluding hydrogens is 232 g/mol. The first-order chi connectivity index (χ1) is 7.98. The van der Waals surface area contributed by atoms with Crippen LogP contribution in [-0.4, -0.2) is 57.8 Å². The molecule has 2 atom stereocenters. The van der Waals surface area contributed by atoms with Gasteiger partial charge in [-0.05, 0) is 19.3 Å². The zero-order valence-electron chi connectivity index (χ0n) is 9.41. The van der Waals surface area contributed by atoms with Crippen LogP contribution in [0.1, 0.15) is 25.7 Å². The van der Waals surface area contributed by atoms with Crippen molar-refractivity contribution in [2.75, 3.05) is 13.2 Å². The molecule has 0 amide bonds. The van der Waals surface area contributed by atoms with Crippen molar-refractivity contribution >= 4 is 5.97 Å². The quantitative estimate of drug-likeness (QED) is 0.346.